The molecule has 3 aromatic carbocycles. The molecule has 2 atom stereocenters. The van der Waals surface area contributed by atoms with Crippen LogP contribution in [0.4, 0.5) is 0 Å². The molecule has 0 aliphatic carbocycles. The highest BCUT2D eigenvalue weighted by atomic mass is 35.5. The van der Waals surface area contributed by atoms with Crippen LogP contribution in [0.15, 0.2) is 60.7 Å². The lowest BCUT2D eigenvalue weighted by Gasteiger charge is -2.31. The molecule has 1 amide bonds. The highest BCUT2D eigenvalue weighted by molar-refractivity contribution is 6.39. The topological polar surface area (TPSA) is 96.0 Å². The largest absolute Gasteiger partial charge is 0.496 e. The van der Waals surface area contributed by atoms with E-state index in [4.69, 9.17) is 37.7 Å². The van der Waals surface area contributed by atoms with Crippen molar-refractivity contribution >= 4 is 29.1 Å². The van der Waals surface area contributed by atoms with Crippen molar-refractivity contribution in [2.45, 2.75) is 51.4 Å². The number of halogens is 2. The van der Waals surface area contributed by atoms with Gasteiger partial charge in [-0.05, 0) is 43.0 Å². The van der Waals surface area contributed by atoms with Gasteiger partial charge in [0.15, 0.2) is 0 Å². The first-order valence-corrected chi connectivity index (χ1v) is 16.7. The normalized spacial score (nSPS) is 16.9. The molecule has 4 aromatic rings. The number of amides is 1. The zero-order valence-electron chi connectivity index (χ0n) is 26.9. The predicted molar refractivity (Wildman–Crippen MR) is 187 cm³/mol. The average molecular weight is 676 g/mol. The third-order valence-electron chi connectivity index (χ3n) is 8.92. The number of pyridine rings is 1. The third kappa shape index (κ3) is 7.27. The van der Waals surface area contributed by atoms with Gasteiger partial charge in [-0.1, -0.05) is 71.7 Å². The number of carbonyl (C=O) groups excluding carboxylic acids is 1. The molecule has 0 saturated carbocycles. The van der Waals surface area contributed by atoms with E-state index in [0.29, 0.717) is 47.7 Å². The van der Waals surface area contributed by atoms with E-state index in [9.17, 15) is 9.90 Å². The lowest BCUT2D eigenvalue weighted by Crippen LogP contribution is -2.35. The Morgan fingerprint density at radius 3 is 2.40 bits per heavy atom. The van der Waals surface area contributed by atoms with Gasteiger partial charge in [-0.2, -0.15) is 0 Å². The fourth-order valence-electron chi connectivity index (χ4n) is 6.60. The van der Waals surface area contributed by atoms with Gasteiger partial charge in [0.05, 0.1) is 36.1 Å². The number of carbonyl (C=O) groups is 1. The highest BCUT2D eigenvalue weighted by Gasteiger charge is 2.24. The van der Waals surface area contributed by atoms with E-state index in [-0.39, 0.29) is 18.1 Å². The number of aromatic nitrogens is 1. The summed E-state index contributed by atoms with van der Waals surface area (Å²) in [4.78, 5) is 18.6. The van der Waals surface area contributed by atoms with Crippen molar-refractivity contribution in [3.63, 3.8) is 0 Å². The first-order chi connectivity index (χ1) is 22.7. The summed E-state index contributed by atoms with van der Waals surface area (Å²) in [6, 6.07) is 20.2. The molecule has 2 aliphatic heterocycles. The third-order valence-corrected chi connectivity index (χ3v) is 9.74. The number of rotatable bonds is 11. The average Bonchev–Trinajstić information content (AvgIpc) is 3.49. The Labute approximate surface area is 286 Å². The predicted octanol–water partition coefficient (Wildman–Crippen LogP) is 6.51. The van der Waals surface area contributed by atoms with Crippen LogP contribution < -0.4 is 20.1 Å². The standard InChI is InChI=1S/C37H40Cl2N4O4/c1-22(44)20-43-15-14-23-16-25(17-33(46-2)31(23)21-43)27-6-4-7-28(35(27)38)29-8-5-9-30(36(29)39)32-12-10-24(37(42-32)47-3)18-40-19-26-11-13-34(45)41-26/h4-10,12,16-17,22,26,40,44H,11,13-15,18-21H2,1-3H3,(H,41,45)/t22?,26-/m1/s1. The van der Waals surface area contributed by atoms with E-state index in [1.807, 2.05) is 61.5 Å². The van der Waals surface area contributed by atoms with Gasteiger partial charge in [0.25, 0.3) is 0 Å². The molecule has 47 heavy (non-hydrogen) atoms. The smallest absolute Gasteiger partial charge is 0.220 e. The molecule has 2 aliphatic rings. The Bertz CT molecular complexity index is 1760. The first-order valence-electron chi connectivity index (χ1n) is 16.0. The van der Waals surface area contributed by atoms with Gasteiger partial charge in [-0.15, -0.1) is 0 Å². The Kier molecular flexibility index (Phi) is 10.3. The molecule has 0 bridgehead atoms. The van der Waals surface area contributed by atoms with Crippen molar-refractivity contribution in [2.24, 2.45) is 0 Å². The second-order valence-electron chi connectivity index (χ2n) is 12.3. The summed E-state index contributed by atoms with van der Waals surface area (Å²) in [6.07, 6.45) is 1.90. The van der Waals surface area contributed by atoms with Crippen LogP contribution in [0.2, 0.25) is 10.0 Å². The fraction of sp³-hybridized carbons (Fsp3) is 0.351. The van der Waals surface area contributed by atoms with Crippen molar-refractivity contribution in [3.8, 4) is 45.1 Å². The minimum atomic E-state index is -0.382. The summed E-state index contributed by atoms with van der Waals surface area (Å²) in [5.74, 6) is 1.44. The van der Waals surface area contributed by atoms with Crippen molar-refractivity contribution in [2.75, 3.05) is 33.9 Å². The van der Waals surface area contributed by atoms with Gasteiger partial charge in [-0.25, -0.2) is 4.98 Å². The van der Waals surface area contributed by atoms with Crippen LogP contribution >= 0.6 is 23.2 Å². The minimum absolute atomic E-state index is 0.105. The Balaban J connectivity index is 1.27. The number of nitrogens with zero attached hydrogens (tertiary/aromatic N) is 2. The molecule has 1 saturated heterocycles. The second kappa shape index (κ2) is 14.6. The maximum atomic E-state index is 11.5. The fourth-order valence-corrected chi connectivity index (χ4v) is 7.26. The molecule has 8 nitrogen and oxygen atoms in total. The lowest BCUT2D eigenvalue weighted by atomic mass is 9.91. The van der Waals surface area contributed by atoms with Crippen LogP contribution in [0.25, 0.3) is 33.5 Å². The SMILES string of the molecule is COc1cc(-c2cccc(-c3cccc(-c4ccc(CNC[C@H]5CCC(=O)N5)c(OC)n4)c3Cl)c2Cl)cc2c1CN(CC(C)O)CC2. The zero-order valence-corrected chi connectivity index (χ0v) is 28.4. The number of ether oxygens (including phenoxy) is 2. The molecular weight excluding hydrogens is 635 g/mol. The van der Waals surface area contributed by atoms with Crippen LogP contribution in [-0.4, -0.2) is 66.9 Å². The molecule has 3 heterocycles. The highest BCUT2D eigenvalue weighted by Crippen LogP contribution is 2.44. The van der Waals surface area contributed by atoms with E-state index in [0.717, 1.165) is 70.6 Å². The summed E-state index contributed by atoms with van der Waals surface area (Å²) in [5.41, 5.74) is 8.26. The van der Waals surface area contributed by atoms with Gasteiger partial charge in [0.2, 0.25) is 11.8 Å². The first kappa shape index (κ1) is 33.2. The van der Waals surface area contributed by atoms with Crippen molar-refractivity contribution in [3.05, 3.63) is 87.4 Å². The van der Waals surface area contributed by atoms with Crippen molar-refractivity contribution in [1.82, 2.24) is 20.5 Å². The van der Waals surface area contributed by atoms with Crippen LogP contribution in [0, 0.1) is 0 Å². The molecule has 246 valence electrons. The monoisotopic (exact) mass is 674 g/mol. The van der Waals surface area contributed by atoms with Crippen molar-refractivity contribution < 1.29 is 19.4 Å². The quantitative estimate of drug-likeness (QED) is 0.167. The van der Waals surface area contributed by atoms with Gasteiger partial charge < -0.3 is 25.2 Å². The summed E-state index contributed by atoms with van der Waals surface area (Å²) in [6.45, 7) is 5.30. The number of aliphatic hydroxyl groups is 1. The van der Waals surface area contributed by atoms with Crippen molar-refractivity contribution in [1.29, 1.82) is 0 Å². The number of benzene rings is 3. The number of aliphatic hydroxyl groups excluding tert-OH is 1. The molecule has 6 rings (SSSR count). The minimum Gasteiger partial charge on any atom is -0.496 e. The lowest BCUT2D eigenvalue weighted by molar-refractivity contribution is -0.119. The van der Waals surface area contributed by atoms with E-state index in [1.165, 1.54) is 5.56 Å². The molecule has 1 aromatic heterocycles. The van der Waals surface area contributed by atoms with Crippen LogP contribution in [-0.2, 0) is 24.3 Å². The molecule has 1 unspecified atom stereocenters. The molecule has 0 spiro atoms. The van der Waals surface area contributed by atoms with Crippen LogP contribution in [0.3, 0.4) is 0 Å². The zero-order chi connectivity index (χ0) is 33.1. The molecule has 0 radical (unpaired) electrons. The Hall–Kier alpha value is -3.66. The van der Waals surface area contributed by atoms with E-state index in [1.54, 1.807) is 14.2 Å². The molecule has 10 heteroatoms. The van der Waals surface area contributed by atoms with Crippen LogP contribution in [0.1, 0.15) is 36.5 Å². The summed E-state index contributed by atoms with van der Waals surface area (Å²) >= 11 is 14.3. The van der Waals surface area contributed by atoms with Gasteiger partial charge in [0.1, 0.15) is 5.75 Å². The Morgan fingerprint density at radius 1 is 1.00 bits per heavy atom. The summed E-state index contributed by atoms with van der Waals surface area (Å²) < 4.78 is 11.5. The maximum absolute atomic E-state index is 11.5. The number of fused-ring (bicyclic) bond motifs is 1. The van der Waals surface area contributed by atoms with Crippen LogP contribution in [0.5, 0.6) is 11.6 Å². The number of β-amino-alcohol motifs (C(OH)–C–C–N with tert-alkyl or cyclic N) is 1. The summed E-state index contributed by atoms with van der Waals surface area (Å²) in [5, 5.41) is 17.4. The number of hydrogen-bond donors (Lipinski definition) is 3. The molecule has 3 N–H and O–H groups in total. The number of hydrogen-bond acceptors (Lipinski definition) is 7. The Morgan fingerprint density at radius 2 is 1.72 bits per heavy atom. The molecule has 1 fully saturated rings. The number of nitrogens with one attached hydrogen (secondary N) is 2. The van der Waals surface area contributed by atoms with E-state index >= 15 is 0 Å². The van der Waals surface area contributed by atoms with E-state index in [2.05, 4.69) is 21.6 Å². The second-order valence-corrected chi connectivity index (χ2v) is 13.0. The van der Waals surface area contributed by atoms with Gasteiger partial charge in [-0.3, -0.25) is 9.69 Å². The molecular formula is C37H40Cl2N4O4. The maximum Gasteiger partial charge on any atom is 0.220 e. The van der Waals surface area contributed by atoms with Gasteiger partial charge >= 0.3 is 0 Å². The van der Waals surface area contributed by atoms with E-state index < -0.39 is 0 Å². The summed E-state index contributed by atoms with van der Waals surface area (Å²) in [7, 11) is 3.30. The number of methoxy groups -OCH3 is 2. The van der Waals surface area contributed by atoms with Gasteiger partial charge in [0, 0.05) is 78.6 Å².